The highest BCUT2D eigenvalue weighted by molar-refractivity contribution is 7.90. The van der Waals surface area contributed by atoms with Crippen LogP contribution < -0.4 is 4.74 Å². The Bertz CT molecular complexity index is 1160. The number of benzene rings is 2. The number of sulfone groups is 1. The van der Waals surface area contributed by atoms with Gasteiger partial charge < -0.3 is 4.74 Å². The normalized spacial score (nSPS) is 11.7. The third-order valence-corrected chi connectivity index (χ3v) is 6.01. The molecule has 0 N–H and O–H groups in total. The smallest absolute Gasteiger partial charge is 0.175 e. The van der Waals surface area contributed by atoms with Gasteiger partial charge in [0.05, 0.1) is 15.9 Å². The summed E-state index contributed by atoms with van der Waals surface area (Å²) in [5, 5.41) is 2.85. The van der Waals surface area contributed by atoms with Gasteiger partial charge in [-0.15, -0.1) is 11.3 Å². The van der Waals surface area contributed by atoms with Gasteiger partial charge in [0.25, 0.3) is 0 Å². The van der Waals surface area contributed by atoms with E-state index in [0.717, 1.165) is 27.3 Å². The molecule has 0 aliphatic heterocycles. The molecule has 0 atom stereocenters. The highest BCUT2D eigenvalue weighted by atomic mass is 32.2. The molecule has 4 aromatic rings. The first-order chi connectivity index (χ1) is 12.5. The van der Waals surface area contributed by atoms with Crippen LogP contribution in [0.1, 0.15) is 5.56 Å². The minimum atomic E-state index is -3.27. The maximum absolute atomic E-state index is 11.8. The van der Waals surface area contributed by atoms with Gasteiger partial charge in [-0.2, -0.15) is 0 Å². The number of rotatable bonds is 5. The van der Waals surface area contributed by atoms with Gasteiger partial charge in [-0.25, -0.2) is 13.4 Å². The van der Waals surface area contributed by atoms with Gasteiger partial charge in [0.1, 0.15) is 23.7 Å². The highest BCUT2D eigenvalue weighted by Crippen LogP contribution is 2.29. The van der Waals surface area contributed by atoms with E-state index in [9.17, 15) is 8.42 Å². The van der Waals surface area contributed by atoms with Crippen molar-refractivity contribution in [3.63, 3.8) is 0 Å². The van der Waals surface area contributed by atoms with E-state index in [0.29, 0.717) is 6.61 Å². The molecule has 0 spiro atoms. The molecular formula is C19H16N2O3S2. The highest BCUT2D eigenvalue weighted by Gasteiger charge is 2.13. The summed E-state index contributed by atoms with van der Waals surface area (Å²) in [6, 6.07) is 16.9. The number of fused-ring (bicyclic) bond motifs is 1. The molecule has 2 heterocycles. The number of hydrogen-bond acceptors (Lipinski definition) is 5. The Balaban J connectivity index is 1.63. The van der Waals surface area contributed by atoms with E-state index in [1.54, 1.807) is 24.5 Å². The van der Waals surface area contributed by atoms with E-state index in [-0.39, 0.29) is 4.90 Å². The third kappa shape index (κ3) is 3.36. The zero-order valence-corrected chi connectivity index (χ0v) is 15.6. The SMILES string of the molecule is CS(=O)(=O)c1ccc2ncn(-c3cc(OCc4ccccc4)cs3)c2c1. The van der Waals surface area contributed by atoms with Crippen molar-refractivity contribution in [2.45, 2.75) is 11.5 Å². The molecule has 0 saturated heterocycles. The molecule has 5 nitrogen and oxygen atoms in total. The monoisotopic (exact) mass is 384 g/mol. The number of nitrogens with zero attached hydrogens (tertiary/aromatic N) is 2. The molecular weight excluding hydrogens is 368 g/mol. The molecule has 0 aliphatic carbocycles. The van der Waals surface area contributed by atoms with Crippen LogP contribution in [0.3, 0.4) is 0 Å². The van der Waals surface area contributed by atoms with Crippen molar-refractivity contribution in [1.82, 2.24) is 9.55 Å². The Morgan fingerprint density at radius 3 is 2.69 bits per heavy atom. The first kappa shape index (κ1) is 16.8. The van der Waals surface area contributed by atoms with E-state index < -0.39 is 9.84 Å². The Hall–Kier alpha value is -2.64. The molecule has 0 radical (unpaired) electrons. The van der Waals surface area contributed by atoms with E-state index in [1.807, 2.05) is 46.3 Å². The van der Waals surface area contributed by atoms with Gasteiger partial charge in [0.15, 0.2) is 9.84 Å². The molecule has 26 heavy (non-hydrogen) atoms. The zero-order chi connectivity index (χ0) is 18.1. The lowest BCUT2D eigenvalue weighted by molar-refractivity contribution is 0.307. The summed E-state index contributed by atoms with van der Waals surface area (Å²) in [6.45, 7) is 0.500. The molecule has 0 aliphatic rings. The number of imidazole rings is 1. The Labute approximate surface area is 155 Å². The van der Waals surface area contributed by atoms with Gasteiger partial charge >= 0.3 is 0 Å². The molecule has 0 saturated carbocycles. The summed E-state index contributed by atoms with van der Waals surface area (Å²) in [5.74, 6) is 0.773. The maximum atomic E-state index is 11.8. The van der Waals surface area contributed by atoms with E-state index in [4.69, 9.17) is 4.74 Å². The first-order valence-electron chi connectivity index (χ1n) is 7.93. The second kappa shape index (κ2) is 6.59. The standard InChI is InChI=1S/C19H16N2O3S2/c1-26(22,23)16-7-8-17-18(10-16)21(13-20-17)19-9-15(12-25-19)24-11-14-5-3-2-4-6-14/h2-10,12-13H,11H2,1H3. The average molecular weight is 384 g/mol. The second-order valence-corrected chi connectivity index (χ2v) is 8.84. The fraction of sp³-hybridized carbons (Fsp3) is 0.105. The minimum Gasteiger partial charge on any atom is -0.488 e. The van der Waals surface area contributed by atoms with Gasteiger partial charge in [-0.05, 0) is 23.8 Å². The number of hydrogen-bond donors (Lipinski definition) is 0. The lowest BCUT2D eigenvalue weighted by Crippen LogP contribution is -1.97. The average Bonchev–Trinajstić information content (AvgIpc) is 3.26. The van der Waals surface area contributed by atoms with Gasteiger partial charge in [-0.1, -0.05) is 30.3 Å². The van der Waals surface area contributed by atoms with Crippen LogP contribution in [0.2, 0.25) is 0 Å². The van der Waals surface area contributed by atoms with Gasteiger partial charge in [0, 0.05) is 17.7 Å². The van der Waals surface area contributed by atoms with Crippen LogP contribution in [-0.2, 0) is 16.4 Å². The minimum absolute atomic E-state index is 0.281. The van der Waals surface area contributed by atoms with Crippen LogP contribution in [0.5, 0.6) is 5.75 Å². The fourth-order valence-electron chi connectivity index (χ4n) is 2.64. The quantitative estimate of drug-likeness (QED) is 0.520. The molecule has 7 heteroatoms. The summed E-state index contributed by atoms with van der Waals surface area (Å²) in [4.78, 5) is 4.64. The third-order valence-electron chi connectivity index (χ3n) is 3.99. The lowest BCUT2D eigenvalue weighted by Gasteiger charge is -2.04. The van der Waals surface area contributed by atoms with Crippen LogP contribution in [-0.4, -0.2) is 24.2 Å². The van der Waals surface area contributed by atoms with Crippen molar-refractivity contribution in [3.8, 4) is 10.8 Å². The van der Waals surface area contributed by atoms with Crippen molar-refractivity contribution in [3.05, 3.63) is 71.9 Å². The first-order valence-corrected chi connectivity index (χ1v) is 10.7. The fourth-order valence-corrected chi connectivity index (χ4v) is 4.10. The zero-order valence-electron chi connectivity index (χ0n) is 14.0. The van der Waals surface area contributed by atoms with Crippen molar-refractivity contribution in [2.75, 3.05) is 6.26 Å². The summed E-state index contributed by atoms with van der Waals surface area (Å²) < 4.78 is 31.4. The Morgan fingerprint density at radius 2 is 1.92 bits per heavy atom. The van der Waals surface area contributed by atoms with Crippen molar-refractivity contribution in [2.24, 2.45) is 0 Å². The molecule has 0 amide bonds. The van der Waals surface area contributed by atoms with E-state index in [2.05, 4.69) is 4.98 Å². The molecule has 0 fully saturated rings. The Kier molecular flexibility index (Phi) is 4.26. The van der Waals surface area contributed by atoms with Crippen LogP contribution in [0.4, 0.5) is 0 Å². The van der Waals surface area contributed by atoms with Crippen molar-refractivity contribution >= 4 is 32.2 Å². The molecule has 2 aromatic heterocycles. The summed E-state index contributed by atoms with van der Waals surface area (Å²) in [5.41, 5.74) is 2.60. The number of thiophene rings is 1. The van der Waals surface area contributed by atoms with Crippen LogP contribution in [0.25, 0.3) is 16.0 Å². The predicted molar refractivity (Wildman–Crippen MR) is 103 cm³/mol. The maximum Gasteiger partial charge on any atom is 0.175 e. The van der Waals surface area contributed by atoms with Crippen LogP contribution >= 0.6 is 11.3 Å². The summed E-state index contributed by atoms with van der Waals surface area (Å²) in [7, 11) is -3.27. The van der Waals surface area contributed by atoms with Crippen molar-refractivity contribution in [1.29, 1.82) is 0 Å². The van der Waals surface area contributed by atoms with Crippen LogP contribution in [0.15, 0.2) is 71.2 Å². The van der Waals surface area contributed by atoms with Crippen LogP contribution in [0, 0.1) is 0 Å². The Morgan fingerprint density at radius 1 is 1.12 bits per heavy atom. The number of ether oxygens (including phenoxy) is 1. The van der Waals surface area contributed by atoms with E-state index >= 15 is 0 Å². The number of aromatic nitrogens is 2. The van der Waals surface area contributed by atoms with Gasteiger partial charge in [-0.3, -0.25) is 4.57 Å². The lowest BCUT2D eigenvalue weighted by atomic mass is 10.2. The second-order valence-electron chi connectivity index (χ2n) is 5.93. The topological polar surface area (TPSA) is 61.2 Å². The van der Waals surface area contributed by atoms with Gasteiger partial charge in [0.2, 0.25) is 0 Å². The summed E-state index contributed by atoms with van der Waals surface area (Å²) in [6.07, 6.45) is 2.90. The molecule has 4 rings (SSSR count). The molecule has 0 unspecified atom stereocenters. The predicted octanol–water partition coefficient (Wildman–Crippen LogP) is 4.07. The van der Waals surface area contributed by atoms with E-state index in [1.165, 1.54) is 17.6 Å². The largest absolute Gasteiger partial charge is 0.488 e. The van der Waals surface area contributed by atoms with Crippen molar-refractivity contribution < 1.29 is 13.2 Å². The molecule has 0 bridgehead atoms. The molecule has 2 aromatic carbocycles. The summed E-state index contributed by atoms with van der Waals surface area (Å²) >= 11 is 1.52. The molecule has 132 valence electrons.